The minimum absolute atomic E-state index is 0.00467. The van der Waals surface area contributed by atoms with Crippen molar-refractivity contribution in [3.8, 4) is 0 Å². The third-order valence-electron chi connectivity index (χ3n) is 4.36. The van der Waals surface area contributed by atoms with Crippen molar-refractivity contribution < 1.29 is 9.59 Å². The summed E-state index contributed by atoms with van der Waals surface area (Å²) >= 11 is 1.68. The van der Waals surface area contributed by atoms with Crippen LogP contribution in [0.2, 0.25) is 0 Å². The fraction of sp³-hybridized carbons (Fsp3) is 0.529. The number of hydrogen-bond acceptors (Lipinski definition) is 3. The highest BCUT2D eigenvalue weighted by Crippen LogP contribution is 2.38. The number of carbonyl (C=O) groups is 2. The summed E-state index contributed by atoms with van der Waals surface area (Å²) in [5.41, 5.74) is 1.28. The molecule has 1 amide bonds. The third-order valence-corrected chi connectivity index (χ3v) is 5.66. The summed E-state index contributed by atoms with van der Waals surface area (Å²) in [6.07, 6.45) is 4.49. The topological polar surface area (TPSA) is 37.4 Å². The highest BCUT2D eigenvalue weighted by Gasteiger charge is 2.35. The predicted octanol–water partition coefficient (Wildman–Crippen LogP) is 3.06. The number of likely N-dealkylation sites (tertiary alicyclic amines) is 1. The number of nitrogens with zero attached hydrogens (tertiary/aromatic N) is 1. The molecule has 0 aliphatic carbocycles. The normalized spacial score (nSPS) is 24.7. The molecule has 2 atom stereocenters. The Morgan fingerprint density at radius 3 is 2.86 bits per heavy atom. The van der Waals surface area contributed by atoms with Crippen LogP contribution in [0.25, 0.3) is 0 Å². The van der Waals surface area contributed by atoms with Gasteiger partial charge < -0.3 is 4.90 Å². The molecular formula is C17H21NO2S. The van der Waals surface area contributed by atoms with Crippen LogP contribution >= 0.6 is 11.8 Å². The van der Waals surface area contributed by atoms with Crippen LogP contribution in [-0.4, -0.2) is 34.4 Å². The first-order chi connectivity index (χ1) is 10.1. The van der Waals surface area contributed by atoms with Gasteiger partial charge in [-0.05, 0) is 44.2 Å². The molecule has 1 saturated heterocycles. The Morgan fingerprint density at radius 2 is 2.10 bits per heavy atom. The van der Waals surface area contributed by atoms with Gasteiger partial charge in [-0.3, -0.25) is 9.59 Å². The van der Waals surface area contributed by atoms with Gasteiger partial charge >= 0.3 is 0 Å². The first-order valence-corrected chi connectivity index (χ1v) is 8.57. The molecule has 0 saturated carbocycles. The SMILES string of the molecule is CC(=O)CC1CCCCN1C(=O)C1Cc2ccccc2S1. The lowest BCUT2D eigenvalue weighted by Crippen LogP contribution is -2.48. The van der Waals surface area contributed by atoms with Gasteiger partial charge in [0.2, 0.25) is 5.91 Å². The Labute approximate surface area is 130 Å². The van der Waals surface area contributed by atoms with E-state index in [1.807, 2.05) is 17.0 Å². The number of hydrogen-bond donors (Lipinski definition) is 0. The number of piperidine rings is 1. The number of amides is 1. The van der Waals surface area contributed by atoms with E-state index in [0.29, 0.717) is 6.42 Å². The molecule has 0 bridgehead atoms. The number of benzene rings is 1. The van der Waals surface area contributed by atoms with E-state index in [4.69, 9.17) is 0 Å². The molecule has 2 aliphatic heterocycles. The second kappa shape index (κ2) is 6.22. The van der Waals surface area contributed by atoms with Crippen molar-refractivity contribution in [2.45, 2.75) is 55.2 Å². The average Bonchev–Trinajstić information content (AvgIpc) is 2.90. The van der Waals surface area contributed by atoms with Crippen LogP contribution in [0.15, 0.2) is 29.2 Å². The lowest BCUT2D eigenvalue weighted by molar-refractivity contribution is -0.135. The summed E-state index contributed by atoms with van der Waals surface area (Å²) in [4.78, 5) is 27.5. The Balaban J connectivity index is 1.71. The number of ketones is 1. The first-order valence-electron chi connectivity index (χ1n) is 7.69. The van der Waals surface area contributed by atoms with Crippen molar-refractivity contribution >= 4 is 23.5 Å². The van der Waals surface area contributed by atoms with Crippen LogP contribution in [0.1, 0.15) is 38.2 Å². The quantitative estimate of drug-likeness (QED) is 0.861. The minimum Gasteiger partial charge on any atom is -0.338 e. The largest absolute Gasteiger partial charge is 0.338 e. The van der Waals surface area contributed by atoms with E-state index in [9.17, 15) is 9.59 Å². The van der Waals surface area contributed by atoms with Gasteiger partial charge in [-0.2, -0.15) is 0 Å². The molecule has 0 radical (unpaired) electrons. The molecule has 3 rings (SSSR count). The average molecular weight is 303 g/mol. The van der Waals surface area contributed by atoms with Gasteiger partial charge in [-0.25, -0.2) is 0 Å². The zero-order valence-corrected chi connectivity index (χ0v) is 13.2. The molecule has 21 heavy (non-hydrogen) atoms. The maximum Gasteiger partial charge on any atom is 0.236 e. The Hall–Kier alpha value is -1.29. The number of Topliss-reactive ketones (excluding diaryl/α,β-unsaturated/α-hetero) is 1. The summed E-state index contributed by atoms with van der Waals surface area (Å²) in [7, 11) is 0. The zero-order valence-electron chi connectivity index (χ0n) is 12.4. The first kappa shape index (κ1) is 14.6. The van der Waals surface area contributed by atoms with E-state index in [2.05, 4.69) is 12.1 Å². The van der Waals surface area contributed by atoms with Crippen molar-refractivity contribution in [3.63, 3.8) is 0 Å². The molecule has 3 nitrogen and oxygen atoms in total. The van der Waals surface area contributed by atoms with E-state index >= 15 is 0 Å². The molecular weight excluding hydrogens is 282 g/mol. The monoisotopic (exact) mass is 303 g/mol. The van der Waals surface area contributed by atoms with E-state index < -0.39 is 0 Å². The number of carbonyl (C=O) groups excluding carboxylic acids is 2. The summed E-state index contributed by atoms with van der Waals surface area (Å²) in [5.74, 6) is 0.407. The van der Waals surface area contributed by atoms with Crippen LogP contribution in [0.5, 0.6) is 0 Å². The van der Waals surface area contributed by atoms with E-state index in [-0.39, 0.29) is 23.0 Å². The molecule has 2 unspecified atom stereocenters. The molecule has 1 aromatic carbocycles. The summed E-state index contributed by atoms with van der Waals surface area (Å²) in [6, 6.07) is 8.38. The number of fused-ring (bicyclic) bond motifs is 1. The van der Waals surface area contributed by atoms with Gasteiger partial charge in [0.15, 0.2) is 0 Å². The van der Waals surface area contributed by atoms with Gasteiger partial charge in [0.05, 0.1) is 5.25 Å². The molecule has 4 heteroatoms. The van der Waals surface area contributed by atoms with Crippen LogP contribution in [0.3, 0.4) is 0 Å². The molecule has 1 aromatic rings. The standard InChI is InChI=1S/C17H21NO2S/c1-12(19)10-14-7-4-5-9-18(14)17(20)16-11-13-6-2-3-8-15(13)21-16/h2-3,6,8,14,16H,4-5,7,9-11H2,1H3. The smallest absolute Gasteiger partial charge is 0.236 e. The second-order valence-electron chi connectivity index (χ2n) is 6.01. The maximum atomic E-state index is 12.9. The fourth-order valence-corrected chi connectivity index (χ4v) is 4.61. The Bertz CT molecular complexity index is 532. The summed E-state index contributed by atoms with van der Waals surface area (Å²) in [5, 5.41) is -0.00467. The lowest BCUT2D eigenvalue weighted by Gasteiger charge is -2.36. The Kier molecular flexibility index (Phi) is 4.34. The van der Waals surface area contributed by atoms with E-state index in [1.165, 1.54) is 10.5 Å². The summed E-state index contributed by atoms with van der Waals surface area (Å²) in [6.45, 7) is 2.43. The minimum atomic E-state index is -0.00467. The van der Waals surface area contributed by atoms with Gasteiger partial charge in [0.1, 0.15) is 5.78 Å². The number of thioether (sulfide) groups is 1. The van der Waals surface area contributed by atoms with Gasteiger partial charge in [-0.15, -0.1) is 11.8 Å². The zero-order chi connectivity index (χ0) is 14.8. The van der Waals surface area contributed by atoms with Gasteiger partial charge in [-0.1, -0.05) is 18.2 Å². The molecule has 0 aromatic heterocycles. The Morgan fingerprint density at radius 1 is 1.29 bits per heavy atom. The van der Waals surface area contributed by atoms with Gasteiger partial charge in [0.25, 0.3) is 0 Å². The predicted molar refractivity (Wildman–Crippen MR) is 84.4 cm³/mol. The van der Waals surface area contributed by atoms with Crippen LogP contribution in [0, 0.1) is 0 Å². The van der Waals surface area contributed by atoms with Crippen molar-refractivity contribution in [1.82, 2.24) is 4.90 Å². The molecule has 112 valence electrons. The van der Waals surface area contributed by atoms with Crippen LogP contribution in [0.4, 0.5) is 0 Å². The van der Waals surface area contributed by atoms with Crippen molar-refractivity contribution in [1.29, 1.82) is 0 Å². The highest BCUT2D eigenvalue weighted by atomic mass is 32.2. The van der Waals surface area contributed by atoms with E-state index in [0.717, 1.165) is 32.2 Å². The second-order valence-corrected chi connectivity index (χ2v) is 7.25. The third kappa shape index (κ3) is 3.15. The maximum absolute atomic E-state index is 12.9. The molecule has 0 spiro atoms. The molecule has 0 N–H and O–H groups in total. The van der Waals surface area contributed by atoms with Gasteiger partial charge in [0, 0.05) is 23.9 Å². The van der Waals surface area contributed by atoms with Crippen LogP contribution in [-0.2, 0) is 16.0 Å². The molecule has 2 heterocycles. The van der Waals surface area contributed by atoms with Crippen molar-refractivity contribution in [2.75, 3.05) is 6.54 Å². The van der Waals surface area contributed by atoms with Crippen LogP contribution < -0.4 is 0 Å². The summed E-state index contributed by atoms with van der Waals surface area (Å²) < 4.78 is 0. The lowest BCUT2D eigenvalue weighted by atomic mass is 9.97. The molecule has 2 aliphatic rings. The van der Waals surface area contributed by atoms with Crippen molar-refractivity contribution in [3.05, 3.63) is 29.8 Å². The van der Waals surface area contributed by atoms with E-state index in [1.54, 1.807) is 18.7 Å². The highest BCUT2D eigenvalue weighted by molar-refractivity contribution is 8.01. The molecule has 1 fully saturated rings. The fourth-order valence-electron chi connectivity index (χ4n) is 3.34. The van der Waals surface area contributed by atoms with Crippen molar-refractivity contribution in [2.24, 2.45) is 0 Å². The number of rotatable bonds is 3.